The summed E-state index contributed by atoms with van der Waals surface area (Å²) in [6, 6.07) is 12.0. The molecule has 1 N–H and O–H groups in total. The third-order valence-corrected chi connectivity index (χ3v) is 5.15. The van der Waals surface area contributed by atoms with E-state index in [-0.39, 0.29) is 10.6 Å². The van der Waals surface area contributed by atoms with Crippen LogP contribution in [0.4, 0.5) is 5.69 Å². The number of methoxy groups -OCH3 is 2. The smallest absolute Gasteiger partial charge is 0.265 e. The Balaban J connectivity index is 2.13. The first-order valence-electron chi connectivity index (χ1n) is 7.55. The van der Waals surface area contributed by atoms with Gasteiger partial charge < -0.3 is 9.47 Å². The standard InChI is InChI=1S/C18H18N2O4S/c1-12-6-7-16(24-3)17(9-12)25(21,22)20-15-11-14(23-2)10-13-5-4-8-19-18(13)15/h4-11,20H,1-3H3. The van der Waals surface area contributed by atoms with Crippen LogP contribution in [-0.2, 0) is 10.0 Å². The van der Waals surface area contributed by atoms with Crippen LogP contribution in [0.5, 0.6) is 11.5 Å². The summed E-state index contributed by atoms with van der Waals surface area (Å²) in [6.45, 7) is 1.82. The average Bonchev–Trinajstić information content (AvgIpc) is 2.61. The number of hydrogen-bond donors (Lipinski definition) is 1. The van der Waals surface area contributed by atoms with Crippen molar-refractivity contribution in [1.82, 2.24) is 4.98 Å². The monoisotopic (exact) mass is 358 g/mol. The van der Waals surface area contributed by atoms with Crippen molar-refractivity contribution >= 4 is 26.6 Å². The molecule has 3 aromatic rings. The Hall–Kier alpha value is -2.80. The summed E-state index contributed by atoms with van der Waals surface area (Å²) in [5.74, 6) is 0.813. The first-order valence-corrected chi connectivity index (χ1v) is 9.03. The maximum absolute atomic E-state index is 12.9. The van der Waals surface area contributed by atoms with Gasteiger partial charge in [0.1, 0.15) is 16.4 Å². The number of aryl methyl sites for hydroxylation is 1. The fourth-order valence-corrected chi connectivity index (χ4v) is 3.87. The van der Waals surface area contributed by atoms with Crippen LogP contribution >= 0.6 is 0 Å². The lowest BCUT2D eigenvalue weighted by Crippen LogP contribution is -2.15. The van der Waals surface area contributed by atoms with Gasteiger partial charge in [-0.25, -0.2) is 8.42 Å². The number of nitrogens with zero attached hydrogens (tertiary/aromatic N) is 1. The Kier molecular flexibility index (Phi) is 4.50. The molecule has 0 amide bonds. The molecule has 0 saturated heterocycles. The Morgan fingerprint density at radius 1 is 1.04 bits per heavy atom. The Morgan fingerprint density at radius 3 is 2.56 bits per heavy atom. The number of pyridine rings is 1. The molecule has 3 rings (SSSR count). The predicted octanol–water partition coefficient (Wildman–Crippen LogP) is 3.36. The van der Waals surface area contributed by atoms with Gasteiger partial charge in [-0.1, -0.05) is 12.1 Å². The predicted molar refractivity (Wildman–Crippen MR) is 96.8 cm³/mol. The molecular weight excluding hydrogens is 340 g/mol. The van der Waals surface area contributed by atoms with E-state index >= 15 is 0 Å². The van der Waals surface area contributed by atoms with Crippen molar-refractivity contribution in [2.24, 2.45) is 0 Å². The maximum atomic E-state index is 12.9. The highest BCUT2D eigenvalue weighted by Crippen LogP contribution is 2.31. The first kappa shape index (κ1) is 17.0. The molecular formula is C18H18N2O4S. The van der Waals surface area contributed by atoms with Gasteiger partial charge in [0.25, 0.3) is 10.0 Å². The van der Waals surface area contributed by atoms with E-state index in [0.717, 1.165) is 10.9 Å². The molecule has 0 aliphatic heterocycles. The molecule has 0 fully saturated rings. The second-order valence-corrected chi connectivity index (χ2v) is 7.16. The highest BCUT2D eigenvalue weighted by atomic mass is 32.2. The first-order chi connectivity index (χ1) is 11.9. The maximum Gasteiger partial charge on any atom is 0.265 e. The second-order valence-electron chi connectivity index (χ2n) is 5.51. The highest BCUT2D eigenvalue weighted by molar-refractivity contribution is 7.92. The normalized spacial score (nSPS) is 11.3. The van der Waals surface area contributed by atoms with Crippen LogP contribution in [-0.4, -0.2) is 27.6 Å². The molecule has 0 saturated carbocycles. The van der Waals surface area contributed by atoms with Crippen molar-refractivity contribution in [1.29, 1.82) is 0 Å². The minimum absolute atomic E-state index is 0.0712. The molecule has 25 heavy (non-hydrogen) atoms. The molecule has 0 radical (unpaired) electrons. The van der Waals surface area contributed by atoms with Gasteiger partial charge in [0.2, 0.25) is 0 Å². The van der Waals surface area contributed by atoms with Crippen molar-refractivity contribution in [2.75, 3.05) is 18.9 Å². The molecule has 0 bridgehead atoms. The van der Waals surface area contributed by atoms with Crippen LogP contribution in [0.2, 0.25) is 0 Å². The number of sulfonamides is 1. The largest absolute Gasteiger partial charge is 0.497 e. The van der Waals surface area contributed by atoms with Crippen LogP contribution in [0.25, 0.3) is 10.9 Å². The second kappa shape index (κ2) is 6.60. The van der Waals surface area contributed by atoms with E-state index in [1.54, 1.807) is 42.6 Å². The minimum atomic E-state index is -3.87. The Morgan fingerprint density at radius 2 is 1.84 bits per heavy atom. The minimum Gasteiger partial charge on any atom is -0.497 e. The topological polar surface area (TPSA) is 77.5 Å². The van der Waals surface area contributed by atoms with Crippen molar-refractivity contribution in [3.05, 3.63) is 54.2 Å². The number of ether oxygens (including phenoxy) is 2. The molecule has 6 nitrogen and oxygen atoms in total. The van der Waals surface area contributed by atoms with E-state index in [1.165, 1.54) is 14.2 Å². The van der Waals surface area contributed by atoms with Crippen LogP contribution < -0.4 is 14.2 Å². The van der Waals surface area contributed by atoms with Gasteiger partial charge in [0.05, 0.1) is 25.4 Å². The van der Waals surface area contributed by atoms with Crippen LogP contribution in [0.15, 0.2) is 53.6 Å². The number of anilines is 1. The molecule has 1 heterocycles. The third-order valence-electron chi connectivity index (χ3n) is 3.77. The molecule has 0 aliphatic carbocycles. The van der Waals surface area contributed by atoms with Crippen molar-refractivity contribution in [3.63, 3.8) is 0 Å². The Bertz CT molecular complexity index is 1030. The summed E-state index contributed by atoms with van der Waals surface area (Å²) in [6.07, 6.45) is 1.61. The summed E-state index contributed by atoms with van der Waals surface area (Å²) in [5.41, 5.74) is 1.70. The van der Waals surface area contributed by atoms with Crippen LogP contribution in [0, 0.1) is 6.92 Å². The molecule has 0 atom stereocenters. The van der Waals surface area contributed by atoms with E-state index in [4.69, 9.17) is 9.47 Å². The molecule has 7 heteroatoms. The summed E-state index contributed by atoms with van der Waals surface area (Å²) in [4.78, 5) is 4.35. The number of benzene rings is 2. The average molecular weight is 358 g/mol. The molecule has 0 aliphatic rings. The zero-order chi connectivity index (χ0) is 18.0. The van der Waals surface area contributed by atoms with Gasteiger partial charge in [-0.2, -0.15) is 0 Å². The van der Waals surface area contributed by atoms with E-state index in [2.05, 4.69) is 9.71 Å². The number of hydrogen-bond acceptors (Lipinski definition) is 5. The number of rotatable bonds is 5. The van der Waals surface area contributed by atoms with Crippen molar-refractivity contribution < 1.29 is 17.9 Å². The molecule has 0 unspecified atom stereocenters. The van der Waals surface area contributed by atoms with Crippen LogP contribution in [0.3, 0.4) is 0 Å². The van der Waals surface area contributed by atoms with E-state index in [9.17, 15) is 8.42 Å². The number of fused-ring (bicyclic) bond motifs is 1. The fraction of sp³-hybridized carbons (Fsp3) is 0.167. The van der Waals surface area contributed by atoms with E-state index in [1.807, 2.05) is 13.0 Å². The summed E-state index contributed by atoms with van der Waals surface area (Å²) in [5, 5.41) is 0.774. The molecule has 1 aromatic heterocycles. The van der Waals surface area contributed by atoms with Gasteiger partial charge in [0, 0.05) is 17.6 Å². The highest BCUT2D eigenvalue weighted by Gasteiger charge is 2.21. The quantitative estimate of drug-likeness (QED) is 0.757. The molecule has 130 valence electrons. The van der Waals surface area contributed by atoms with E-state index < -0.39 is 10.0 Å². The Labute approximate surface area is 146 Å². The van der Waals surface area contributed by atoms with Gasteiger partial charge in [-0.3, -0.25) is 9.71 Å². The van der Waals surface area contributed by atoms with Gasteiger partial charge >= 0.3 is 0 Å². The summed E-state index contributed by atoms with van der Waals surface area (Å²) >= 11 is 0. The van der Waals surface area contributed by atoms with Gasteiger partial charge in [-0.05, 0) is 36.8 Å². The van der Waals surface area contributed by atoms with Gasteiger partial charge in [-0.15, -0.1) is 0 Å². The third kappa shape index (κ3) is 3.36. The fourth-order valence-electron chi connectivity index (χ4n) is 2.55. The molecule has 2 aromatic carbocycles. The lowest BCUT2D eigenvalue weighted by atomic mass is 10.2. The number of nitrogens with one attached hydrogen (secondary N) is 1. The van der Waals surface area contributed by atoms with Gasteiger partial charge in [0.15, 0.2) is 0 Å². The van der Waals surface area contributed by atoms with E-state index in [0.29, 0.717) is 17.0 Å². The molecule has 0 spiro atoms. The lowest BCUT2D eigenvalue weighted by molar-refractivity contribution is 0.402. The van der Waals surface area contributed by atoms with Crippen molar-refractivity contribution in [3.8, 4) is 11.5 Å². The summed E-state index contributed by atoms with van der Waals surface area (Å²) < 4.78 is 38.9. The van der Waals surface area contributed by atoms with Crippen LogP contribution in [0.1, 0.15) is 5.56 Å². The lowest BCUT2D eigenvalue weighted by Gasteiger charge is -2.14. The number of aromatic nitrogens is 1. The zero-order valence-corrected chi connectivity index (χ0v) is 14.9. The summed E-state index contributed by atoms with van der Waals surface area (Å²) in [7, 11) is -0.902. The van der Waals surface area contributed by atoms with Crippen molar-refractivity contribution in [2.45, 2.75) is 11.8 Å². The SMILES string of the molecule is COc1cc(NS(=O)(=O)c2cc(C)ccc2OC)c2ncccc2c1. The zero-order valence-electron chi connectivity index (χ0n) is 14.1.